The van der Waals surface area contributed by atoms with Crippen molar-refractivity contribution in [2.75, 3.05) is 5.32 Å². The zero-order chi connectivity index (χ0) is 28.1. The van der Waals surface area contributed by atoms with Crippen molar-refractivity contribution in [3.05, 3.63) is 39.3 Å². The maximum atomic E-state index is 15.3. The standard InChI is InChI=1S/C26H41FN4O3S2Si/c1-15(2)21-16(3)22(17-12-11-13-19(17)28-21)29-24(32)30-36(34,31-37(9,10)25(4,5)6)23-18(27)14-20(35-23)26(7,8)33/h14-15,33H,11-13H2,1-10H3,(H2,28,29,30,31,32,34). The Morgan fingerprint density at radius 3 is 2.38 bits per heavy atom. The van der Waals surface area contributed by atoms with E-state index in [-0.39, 0.29) is 15.2 Å². The Morgan fingerprint density at radius 1 is 1.24 bits per heavy atom. The Hall–Kier alpha value is -1.66. The van der Waals surface area contributed by atoms with Gasteiger partial charge in [0.15, 0.2) is 19.9 Å². The molecule has 1 atom stereocenters. The third-order valence-electron chi connectivity index (χ3n) is 7.27. The van der Waals surface area contributed by atoms with E-state index in [1.165, 1.54) is 19.9 Å². The lowest BCUT2D eigenvalue weighted by atomic mass is 9.99. The number of carbonyl (C=O) groups is 1. The molecule has 2 aromatic heterocycles. The van der Waals surface area contributed by atoms with Crippen molar-refractivity contribution in [2.45, 2.75) is 109 Å². The van der Waals surface area contributed by atoms with Crippen molar-refractivity contribution in [3.8, 4) is 0 Å². The van der Waals surface area contributed by atoms with Crippen LogP contribution in [-0.2, 0) is 28.4 Å². The summed E-state index contributed by atoms with van der Waals surface area (Å²) in [4.78, 5) is 18.6. The van der Waals surface area contributed by atoms with Gasteiger partial charge in [0.05, 0.1) is 11.3 Å². The molecule has 2 amide bonds. The lowest BCUT2D eigenvalue weighted by molar-refractivity contribution is 0.0823. The second-order valence-electron chi connectivity index (χ2n) is 12.3. The summed E-state index contributed by atoms with van der Waals surface area (Å²) in [6, 6.07) is 0.377. The van der Waals surface area contributed by atoms with Crippen LogP contribution in [-0.4, -0.2) is 28.6 Å². The topological polar surface area (TPSA) is 104 Å². The number of carbonyl (C=O) groups excluding carboxylic acids is 1. The number of amides is 2. The molecule has 0 radical (unpaired) electrons. The Labute approximate surface area is 226 Å². The number of aromatic nitrogens is 1. The van der Waals surface area contributed by atoms with E-state index < -0.39 is 35.6 Å². The van der Waals surface area contributed by atoms with Crippen molar-refractivity contribution in [3.63, 3.8) is 0 Å². The summed E-state index contributed by atoms with van der Waals surface area (Å²) in [7, 11) is -6.23. The lowest BCUT2D eigenvalue weighted by Crippen LogP contribution is -2.54. The average molecular weight is 569 g/mol. The van der Waals surface area contributed by atoms with Gasteiger partial charge in [0.1, 0.15) is 8.24 Å². The Kier molecular flexibility index (Phi) is 8.19. The van der Waals surface area contributed by atoms with Crippen LogP contribution >= 0.6 is 11.3 Å². The number of fused-ring (bicyclic) bond motifs is 1. The minimum Gasteiger partial charge on any atom is -0.385 e. The normalized spacial score (nSPS) is 16.0. The molecule has 37 heavy (non-hydrogen) atoms. The summed E-state index contributed by atoms with van der Waals surface area (Å²) in [6.45, 7) is 19.2. The molecule has 3 rings (SSSR count). The number of rotatable bonds is 6. The highest BCUT2D eigenvalue weighted by Gasteiger charge is 2.41. The molecule has 1 aliphatic carbocycles. The van der Waals surface area contributed by atoms with E-state index in [0.29, 0.717) is 10.6 Å². The second kappa shape index (κ2) is 10.1. The quantitative estimate of drug-likeness (QED) is 0.326. The average Bonchev–Trinajstić information content (AvgIpc) is 3.34. The van der Waals surface area contributed by atoms with Gasteiger partial charge in [-0.1, -0.05) is 47.7 Å². The fraction of sp³-hybridized carbons (Fsp3) is 0.615. The number of thiophene rings is 1. The van der Waals surface area contributed by atoms with Crippen LogP contribution in [0.2, 0.25) is 18.1 Å². The summed E-state index contributed by atoms with van der Waals surface area (Å²) in [5.41, 5.74) is 3.08. The van der Waals surface area contributed by atoms with Gasteiger partial charge >= 0.3 is 6.03 Å². The first-order valence-corrected chi connectivity index (χ1v) is 18.0. The zero-order valence-electron chi connectivity index (χ0n) is 23.6. The van der Waals surface area contributed by atoms with Gasteiger partial charge in [-0.3, -0.25) is 4.98 Å². The van der Waals surface area contributed by atoms with Crippen molar-refractivity contribution < 1.29 is 18.5 Å². The molecule has 0 bridgehead atoms. The van der Waals surface area contributed by atoms with Gasteiger partial charge < -0.3 is 10.4 Å². The number of hydrogen-bond donors (Lipinski definition) is 3. The Bertz CT molecular complexity index is 1330. The molecule has 2 heterocycles. The molecule has 3 N–H and O–H groups in total. The van der Waals surface area contributed by atoms with E-state index in [2.05, 4.69) is 27.9 Å². The van der Waals surface area contributed by atoms with Crippen LogP contribution in [0.25, 0.3) is 0 Å². The largest absolute Gasteiger partial charge is 0.385 e. The van der Waals surface area contributed by atoms with E-state index in [4.69, 9.17) is 4.98 Å². The van der Waals surface area contributed by atoms with Crippen LogP contribution in [0.4, 0.5) is 14.9 Å². The third-order valence-corrected chi connectivity index (χ3v) is 17.4. The molecule has 206 valence electrons. The summed E-state index contributed by atoms with van der Waals surface area (Å²) in [6.07, 6.45) is 2.59. The maximum Gasteiger partial charge on any atom is 0.354 e. The smallest absolute Gasteiger partial charge is 0.354 e. The van der Waals surface area contributed by atoms with E-state index >= 15 is 4.39 Å². The highest BCUT2D eigenvalue weighted by molar-refractivity contribution is 7.95. The molecule has 1 unspecified atom stereocenters. The molecule has 0 aromatic carbocycles. The highest BCUT2D eigenvalue weighted by Crippen LogP contribution is 2.39. The predicted octanol–water partition coefficient (Wildman–Crippen LogP) is 7.00. The van der Waals surface area contributed by atoms with Gasteiger partial charge in [-0.05, 0) is 68.2 Å². The first-order chi connectivity index (χ1) is 16.8. The van der Waals surface area contributed by atoms with Crippen molar-refractivity contribution in [1.29, 1.82) is 0 Å². The molecular formula is C26H41FN4O3S2Si. The molecular weight excluding hydrogens is 528 g/mol. The number of nitrogens with zero attached hydrogens (tertiary/aromatic N) is 2. The predicted molar refractivity (Wildman–Crippen MR) is 153 cm³/mol. The van der Waals surface area contributed by atoms with Gasteiger partial charge in [0.25, 0.3) is 0 Å². The first-order valence-electron chi connectivity index (χ1n) is 12.7. The number of aryl methyl sites for hydroxylation is 1. The Balaban J connectivity index is 2.16. The Morgan fingerprint density at radius 2 is 1.86 bits per heavy atom. The molecule has 2 aromatic rings. The van der Waals surface area contributed by atoms with Crippen molar-refractivity contribution in [2.24, 2.45) is 4.36 Å². The summed E-state index contributed by atoms with van der Waals surface area (Å²) < 4.78 is 36.9. The monoisotopic (exact) mass is 568 g/mol. The number of urea groups is 1. The molecule has 0 aliphatic heterocycles. The van der Waals surface area contributed by atoms with E-state index in [1.54, 1.807) is 0 Å². The lowest BCUT2D eigenvalue weighted by Gasteiger charge is -2.37. The van der Waals surface area contributed by atoms with E-state index in [0.717, 1.165) is 53.1 Å². The SMILES string of the molecule is Cc1c(C(C)C)nc2c(c1NC(=O)N=S(=O)(N[Si](C)(C)C(C)(C)C)c1sc(C(C)(C)O)cc1F)CCC2. The van der Waals surface area contributed by atoms with Crippen molar-refractivity contribution in [1.82, 2.24) is 9.37 Å². The van der Waals surface area contributed by atoms with Crippen LogP contribution in [0.1, 0.15) is 88.2 Å². The van der Waals surface area contributed by atoms with Gasteiger partial charge in [0, 0.05) is 16.3 Å². The number of aliphatic hydroxyl groups is 1. The minimum atomic E-state index is -3.71. The van der Waals surface area contributed by atoms with Gasteiger partial charge in [-0.15, -0.1) is 15.7 Å². The third kappa shape index (κ3) is 6.16. The van der Waals surface area contributed by atoms with Crippen LogP contribution in [0.3, 0.4) is 0 Å². The summed E-state index contributed by atoms with van der Waals surface area (Å²) in [5, 5.41) is 13.1. The number of pyridine rings is 1. The minimum absolute atomic E-state index is 0.170. The van der Waals surface area contributed by atoms with Gasteiger partial charge in [-0.2, -0.15) is 0 Å². The van der Waals surface area contributed by atoms with Crippen LogP contribution in [0, 0.1) is 12.7 Å². The van der Waals surface area contributed by atoms with Gasteiger partial charge in [0.2, 0.25) is 0 Å². The molecule has 7 nitrogen and oxygen atoms in total. The van der Waals surface area contributed by atoms with E-state index in [1.807, 2.05) is 40.8 Å². The number of halogens is 1. The summed E-state index contributed by atoms with van der Waals surface area (Å²) >= 11 is 0.878. The summed E-state index contributed by atoms with van der Waals surface area (Å²) in [5.74, 6) is -0.582. The van der Waals surface area contributed by atoms with Crippen LogP contribution in [0.5, 0.6) is 0 Å². The second-order valence-corrected chi connectivity index (χ2v) is 20.8. The number of anilines is 1. The van der Waals surface area contributed by atoms with Crippen molar-refractivity contribution >= 4 is 41.2 Å². The molecule has 1 aliphatic rings. The number of nitrogens with one attached hydrogen (secondary N) is 2. The fourth-order valence-corrected chi connectivity index (χ4v) is 11.3. The molecule has 0 spiro atoms. The molecule has 0 saturated heterocycles. The van der Waals surface area contributed by atoms with Gasteiger partial charge in [-0.25, -0.2) is 17.8 Å². The molecule has 11 heteroatoms. The van der Waals surface area contributed by atoms with E-state index in [9.17, 15) is 14.1 Å². The molecule has 0 fully saturated rings. The van der Waals surface area contributed by atoms with Crippen LogP contribution in [0.15, 0.2) is 14.6 Å². The zero-order valence-corrected chi connectivity index (χ0v) is 26.3. The molecule has 0 saturated carbocycles. The fourth-order valence-electron chi connectivity index (χ4n) is 4.13. The van der Waals surface area contributed by atoms with Crippen LogP contribution < -0.4 is 9.70 Å². The number of hydrogen-bond acceptors (Lipinski definition) is 5. The highest BCUT2D eigenvalue weighted by atomic mass is 32.2. The first kappa shape index (κ1) is 29.9. The maximum absolute atomic E-state index is 15.3.